The maximum atomic E-state index is 4.40. The molecule has 0 spiro atoms. The van der Waals surface area contributed by atoms with Crippen LogP contribution in [0, 0.1) is 0 Å². The van der Waals surface area contributed by atoms with Gasteiger partial charge in [-0.05, 0) is 28.1 Å². The van der Waals surface area contributed by atoms with Crippen LogP contribution in [0.1, 0.15) is 5.82 Å². The molecule has 0 unspecified atom stereocenters. The number of aromatic nitrogens is 3. The topological polar surface area (TPSA) is 34.0 Å². The number of imidazole rings is 1. The van der Waals surface area contributed by atoms with Crippen molar-refractivity contribution in [2.45, 2.75) is 13.1 Å². The molecule has 0 aliphatic carbocycles. The van der Waals surface area contributed by atoms with Crippen molar-refractivity contribution in [3.05, 3.63) is 41.0 Å². The molecule has 3 rings (SSSR count). The molecule has 5 heteroatoms. The first-order chi connectivity index (χ1) is 7.83. The van der Waals surface area contributed by atoms with Gasteiger partial charge >= 0.3 is 0 Å². The molecule has 0 N–H and O–H groups in total. The summed E-state index contributed by atoms with van der Waals surface area (Å²) >= 11 is 3.39. The Morgan fingerprint density at radius 3 is 2.94 bits per heavy atom. The summed E-state index contributed by atoms with van der Waals surface area (Å²) in [4.78, 5) is 11.0. The number of hydrogen-bond acceptors (Lipinski definition) is 3. The predicted molar refractivity (Wildman–Crippen MR) is 65.2 cm³/mol. The Morgan fingerprint density at radius 2 is 2.12 bits per heavy atom. The molecule has 0 bridgehead atoms. The minimum Gasteiger partial charge on any atom is -0.347 e. The smallest absolute Gasteiger partial charge is 0.129 e. The first kappa shape index (κ1) is 9.84. The highest BCUT2D eigenvalue weighted by Crippen LogP contribution is 2.19. The molecule has 0 amide bonds. The van der Waals surface area contributed by atoms with E-state index in [0.29, 0.717) is 0 Å². The van der Waals surface area contributed by atoms with E-state index in [-0.39, 0.29) is 0 Å². The van der Waals surface area contributed by atoms with Gasteiger partial charge in [0.25, 0.3) is 0 Å². The standard InChI is InChI=1S/C11H11BrN4/c12-9-1-2-10(14-7-9)16-6-5-15-4-3-13-11(15)8-16/h1-4,7H,5-6,8H2. The van der Waals surface area contributed by atoms with E-state index in [1.165, 1.54) is 0 Å². The Morgan fingerprint density at radius 1 is 1.19 bits per heavy atom. The fraction of sp³-hybridized carbons (Fsp3) is 0.273. The van der Waals surface area contributed by atoms with Crippen LogP contribution in [0.5, 0.6) is 0 Å². The molecule has 0 fully saturated rings. The first-order valence-electron chi connectivity index (χ1n) is 5.19. The highest BCUT2D eigenvalue weighted by molar-refractivity contribution is 9.10. The van der Waals surface area contributed by atoms with Gasteiger partial charge in [0.05, 0.1) is 6.54 Å². The third kappa shape index (κ3) is 1.71. The molecule has 0 saturated carbocycles. The summed E-state index contributed by atoms with van der Waals surface area (Å²) in [6.07, 6.45) is 5.71. The lowest BCUT2D eigenvalue weighted by molar-refractivity contribution is 0.556. The van der Waals surface area contributed by atoms with Gasteiger partial charge in [-0.2, -0.15) is 0 Å². The lowest BCUT2D eigenvalue weighted by Crippen LogP contribution is -2.34. The Balaban J connectivity index is 1.86. The second kappa shape index (κ2) is 3.90. The van der Waals surface area contributed by atoms with E-state index >= 15 is 0 Å². The molecule has 0 atom stereocenters. The second-order valence-electron chi connectivity index (χ2n) is 3.79. The van der Waals surface area contributed by atoms with E-state index in [0.717, 1.165) is 35.7 Å². The predicted octanol–water partition coefficient (Wildman–Crippen LogP) is 2.06. The Kier molecular flexibility index (Phi) is 2.40. The molecule has 16 heavy (non-hydrogen) atoms. The zero-order valence-corrected chi connectivity index (χ0v) is 10.3. The molecule has 0 aromatic carbocycles. The van der Waals surface area contributed by atoms with Crippen LogP contribution < -0.4 is 4.90 Å². The molecule has 82 valence electrons. The van der Waals surface area contributed by atoms with Crippen LogP contribution in [-0.4, -0.2) is 21.1 Å². The monoisotopic (exact) mass is 278 g/mol. The van der Waals surface area contributed by atoms with Crippen molar-refractivity contribution in [3.63, 3.8) is 0 Å². The molecule has 0 radical (unpaired) electrons. The van der Waals surface area contributed by atoms with Gasteiger partial charge in [-0.15, -0.1) is 0 Å². The van der Waals surface area contributed by atoms with Gasteiger partial charge in [0.2, 0.25) is 0 Å². The quantitative estimate of drug-likeness (QED) is 0.801. The number of hydrogen-bond donors (Lipinski definition) is 0. The molecule has 2 aromatic rings. The van der Waals surface area contributed by atoms with E-state index < -0.39 is 0 Å². The SMILES string of the molecule is Brc1ccc(N2CCn3ccnc3C2)nc1. The van der Waals surface area contributed by atoms with E-state index in [1.807, 2.05) is 30.7 Å². The first-order valence-corrected chi connectivity index (χ1v) is 5.99. The molecule has 3 heterocycles. The van der Waals surface area contributed by atoms with Gasteiger partial charge in [-0.1, -0.05) is 0 Å². The van der Waals surface area contributed by atoms with Crippen molar-refractivity contribution >= 4 is 21.7 Å². The summed E-state index contributed by atoms with van der Waals surface area (Å²) in [5.41, 5.74) is 0. The largest absolute Gasteiger partial charge is 0.347 e. The van der Waals surface area contributed by atoms with E-state index in [4.69, 9.17) is 0 Å². The number of nitrogens with zero attached hydrogens (tertiary/aromatic N) is 4. The summed E-state index contributed by atoms with van der Waals surface area (Å²) in [6.45, 7) is 2.80. The van der Waals surface area contributed by atoms with Crippen LogP contribution >= 0.6 is 15.9 Å². The van der Waals surface area contributed by atoms with E-state index in [9.17, 15) is 0 Å². The van der Waals surface area contributed by atoms with Gasteiger partial charge in [0.1, 0.15) is 11.6 Å². The number of halogens is 1. The van der Waals surface area contributed by atoms with Crippen LogP contribution in [0.3, 0.4) is 0 Å². The van der Waals surface area contributed by atoms with Crippen LogP contribution in [0.4, 0.5) is 5.82 Å². The van der Waals surface area contributed by atoms with E-state index in [1.54, 1.807) is 0 Å². The van der Waals surface area contributed by atoms with Crippen LogP contribution in [0.2, 0.25) is 0 Å². The fourth-order valence-electron chi connectivity index (χ4n) is 1.92. The van der Waals surface area contributed by atoms with Gasteiger partial charge in [-0.3, -0.25) is 0 Å². The van der Waals surface area contributed by atoms with Crippen molar-refractivity contribution in [2.75, 3.05) is 11.4 Å². The Hall–Kier alpha value is -1.36. The van der Waals surface area contributed by atoms with Gasteiger partial charge in [0.15, 0.2) is 0 Å². The molecule has 1 aliphatic rings. The maximum Gasteiger partial charge on any atom is 0.129 e. The molecule has 4 nitrogen and oxygen atoms in total. The lowest BCUT2D eigenvalue weighted by Gasteiger charge is -2.28. The Bertz CT molecular complexity index is 491. The normalized spacial score (nSPS) is 14.9. The van der Waals surface area contributed by atoms with Crippen LogP contribution in [0.15, 0.2) is 35.2 Å². The van der Waals surface area contributed by atoms with Gasteiger partial charge < -0.3 is 9.47 Å². The number of rotatable bonds is 1. The summed E-state index contributed by atoms with van der Waals surface area (Å²) in [6, 6.07) is 4.05. The zero-order valence-electron chi connectivity index (χ0n) is 8.67. The van der Waals surface area contributed by atoms with Crippen molar-refractivity contribution in [1.82, 2.24) is 14.5 Å². The highest BCUT2D eigenvalue weighted by Gasteiger charge is 2.17. The maximum absolute atomic E-state index is 4.40. The van der Waals surface area contributed by atoms with Crippen molar-refractivity contribution in [3.8, 4) is 0 Å². The molecular weight excluding hydrogens is 268 g/mol. The minimum absolute atomic E-state index is 0.835. The molecule has 2 aromatic heterocycles. The fourth-order valence-corrected chi connectivity index (χ4v) is 2.16. The average Bonchev–Trinajstić information content (AvgIpc) is 2.77. The van der Waals surface area contributed by atoms with Crippen LogP contribution in [0.25, 0.3) is 0 Å². The van der Waals surface area contributed by atoms with Crippen molar-refractivity contribution in [1.29, 1.82) is 0 Å². The van der Waals surface area contributed by atoms with Crippen LogP contribution in [-0.2, 0) is 13.1 Å². The molecule has 1 aliphatic heterocycles. The minimum atomic E-state index is 0.835. The van der Waals surface area contributed by atoms with Crippen molar-refractivity contribution in [2.24, 2.45) is 0 Å². The third-order valence-electron chi connectivity index (χ3n) is 2.78. The second-order valence-corrected chi connectivity index (χ2v) is 4.71. The molecule has 0 saturated heterocycles. The van der Waals surface area contributed by atoms with Gasteiger partial charge in [0, 0.05) is 36.2 Å². The summed E-state index contributed by atoms with van der Waals surface area (Å²) in [5, 5.41) is 0. The highest BCUT2D eigenvalue weighted by atomic mass is 79.9. The zero-order chi connectivity index (χ0) is 11.0. The molecular formula is C11H11BrN4. The Labute approximate surface area is 102 Å². The number of fused-ring (bicyclic) bond motifs is 1. The van der Waals surface area contributed by atoms with E-state index in [2.05, 4.69) is 35.4 Å². The lowest BCUT2D eigenvalue weighted by atomic mass is 10.3. The van der Waals surface area contributed by atoms with Gasteiger partial charge in [-0.25, -0.2) is 9.97 Å². The number of anilines is 1. The summed E-state index contributed by atoms with van der Waals surface area (Å²) < 4.78 is 3.20. The van der Waals surface area contributed by atoms with Crippen molar-refractivity contribution < 1.29 is 0 Å². The summed E-state index contributed by atoms with van der Waals surface area (Å²) in [7, 11) is 0. The number of pyridine rings is 1. The third-order valence-corrected chi connectivity index (χ3v) is 3.25. The summed E-state index contributed by atoms with van der Waals surface area (Å²) in [5.74, 6) is 2.12. The average molecular weight is 279 g/mol.